The Bertz CT molecular complexity index is 413. The van der Waals surface area contributed by atoms with Gasteiger partial charge in [0.05, 0.1) is 5.02 Å². The van der Waals surface area contributed by atoms with Gasteiger partial charge in [0.2, 0.25) is 0 Å². The smallest absolute Gasteiger partial charge is 0.268 e. The lowest BCUT2D eigenvalue weighted by molar-refractivity contribution is 0.0890. The van der Waals surface area contributed by atoms with Crippen molar-refractivity contribution in [1.82, 2.24) is 9.88 Å². The van der Waals surface area contributed by atoms with Crippen LogP contribution in [0.25, 0.3) is 0 Å². The second kappa shape index (κ2) is 6.25. The van der Waals surface area contributed by atoms with Crippen LogP contribution >= 0.6 is 11.6 Å². The van der Waals surface area contributed by atoms with Crippen molar-refractivity contribution in [3.05, 3.63) is 23.0 Å². The molecule has 18 heavy (non-hydrogen) atoms. The van der Waals surface area contributed by atoms with E-state index in [9.17, 15) is 4.79 Å². The van der Waals surface area contributed by atoms with Crippen molar-refractivity contribution in [2.45, 2.75) is 45.7 Å². The van der Waals surface area contributed by atoms with Crippen LogP contribution in [0.15, 0.2) is 12.3 Å². The minimum absolute atomic E-state index is 0.0456. The van der Waals surface area contributed by atoms with E-state index in [-0.39, 0.29) is 12.5 Å². The quantitative estimate of drug-likeness (QED) is 0.836. The first kappa shape index (κ1) is 15.1. The van der Waals surface area contributed by atoms with Crippen molar-refractivity contribution in [1.29, 1.82) is 0 Å². The molecule has 0 saturated heterocycles. The van der Waals surface area contributed by atoms with Gasteiger partial charge in [0, 0.05) is 24.9 Å². The number of halogens is 1. The van der Waals surface area contributed by atoms with Gasteiger partial charge in [0.15, 0.2) is 0 Å². The number of aliphatic hydroxyl groups is 1. The Morgan fingerprint density at radius 3 is 2.78 bits per heavy atom. The van der Waals surface area contributed by atoms with Crippen LogP contribution in [0.4, 0.5) is 0 Å². The molecule has 1 rings (SSSR count). The van der Waals surface area contributed by atoms with Crippen LogP contribution in [-0.4, -0.2) is 27.7 Å². The summed E-state index contributed by atoms with van der Waals surface area (Å²) in [6, 6.07) is 1.67. The number of aliphatic hydroxyl groups excluding tert-OH is 1. The molecule has 1 aromatic rings. The van der Waals surface area contributed by atoms with Gasteiger partial charge in [-0.25, -0.2) is 0 Å². The molecule has 5 heteroatoms. The number of aromatic nitrogens is 1. The first-order valence-corrected chi connectivity index (χ1v) is 6.56. The number of amides is 1. The molecular formula is C13H21ClN2O2. The minimum atomic E-state index is -0.431. The molecule has 0 unspecified atom stereocenters. The number of aryl methyl sites for hydroxylation is 1. The second-order valence-electron chi connectivity index (χ2n) is 5.05. The lowest BCUT2D eigenvalue weighted by atomic mass is 10.0. The molecule has 0 bridgehead atoms. The van der Waals surface area contributed by atoms with Gasteiger partial charge in [-0.15, -0.1) is 0 Å². The normalized spacial score (nSPS) is 11.6. The predicted molar refractivity (Wildman–Crippen MR) is 73.0 cm³/mol. The molecule has 0 aliphatic heterocycles. The molecule has 4 nitrogen and oxygen atoms in total. The zero-order chi connectivity index (χ0) is 13.8. The molecule has 0 radical (unpaired) electrons. The number of carbonyl (C=O) groups excluding carboxylic acids is 1. The predicted octanol–water partition coefficient (Wildman–Crippen LogP) is 2.44. The van der Waals surface area contributed by atoms with Crippen LogP contribution in [0.3, 0.4) is 0 Å². The number of nitrogens with zero attached hydrogens (tertiary/aromatic N) is 1. The first-order valence-electron chi connectivity index (χ1n) is 6.18. The Balaban J connectivity index is 2.83. The maximum absolute atomic E-state index is 12.2. The van der Waals surface area contributed by atoms with Crippen LogP contribution < -0.4 is 5.32 Å². The summed E-state index contributed by atoms with van der Waals surface area (Å²) in [5.74, 6) is -0.159. The number of hydrogen-bond acceptors (Lipinski definition) is 2. The van der Waals surface area contributed by atoms with Gasteiger partial charge in [-0.3, -0.25) is 4.79 Å². The highest BCUT2D eigenvalue weighted by molar-refractivity contribution is 6.31. The lowest BCUT2D eigenvalue weighted by Crippen LogP contribution is -2.44. The van der Waals surface area contributed by atoms with E-state index >= 15 is 0 Å². The molecule has 1 amide bonds. The first-order chi connectivity index (χ1) is 8.39. The average molecular weight is 273 g/mol. The number of rotatable bonds is 6. The third-order valence-corrected chi connectivity index (χ3v) is 2.96. The van der Waals surface area contributed by atoms with Crippen molar-refractivity contribution in [2.75, 3.05) is 6.61 Å². The number of hydrogen-bond donors (Lipinski definition) is 2. The summed E-state index contributed by atoms with van der Waals surface area (Å²) in [5.41, 5.74) is 0.132. The topological polar surface area (TPSA) is 54.3 Å². The molecule has 1 aromatic heterocycles. The van der Waals surface area contributed by atoms with E-state index < -0.39 is 5.54 Å². The fourth-order valence-electron chi connectivity index (χ4n) is 1.80. The van der Waals surface area contributed by atoms with E-state index in [1.54, 1.807) is 12.3 Å². The van der Waals surface area contributed by atoms with Crippen molar-refractivity contribution in [3.8, 4) is 0 Å². The zero-order valence-corrected chi connectivity index (χ0v) is 11.9. The molecule has 0 aromatic carbocycles. The summed E-state index contributed by atoms with van der Waals surface area (Å²) in [6.45, 7) is 6.62. The molecule has 0 saturated carbocycles. The summed E-state index contributed by atoms with van der Waals surface area (Å²) in [7, 11) is 0. The third-order valence-electron chi connectivity index (χ3n) is 2.75. The summed E-state index contributed by atoms with van der Waals surface area (Å²) in [6.07, 6.45) is 3.21. The van der Waals surface area contributed by atoms with E-state index in [4.69, 9.17) is 16.7 Å². The molecule has 2 N–H and O–H groups in total. The van der Waals surface area contributed by atoms with Crippen molar-refractivity contribution in [3.63, 3.8) is 0 Å². The minimum Gasteiger partial charge on any atom is -0.396 e. The summed E-state index contributed by atoms with van der Waals surface area (Å²) < 4.78 is 1.85. The van der Waals surface area contributed by atoms with Gasteiger partial charge in [0.1, 0.15) is 5.69 Å². The highest BCUT2D eigenvalue weighted by Crippen LogP contribution is 2.16. The SMILES string of the molecule is CCCn1cc(Cl)cc1C(=O)NC(C)(C)CCO. The molecule has 0 aliphatic rings. The Morgan fingerprint density at radius 1 is 1.56 bits per heavy atom. The van der Waals surface area contributed by atoms with Crippen LogP contribution in [0, 0.1) is 0 Å². The molecule has 0 fully saturated rings. The largest absolute Gasteiger partial charge is 0.396 e. The van der Waals surface area contributed by atoms with Crippen LogP contribution in [0.5, 0.6) is 0 Å². The third kappa shape index (κ3) is 4.03. The summed E-state index contributed by atoms with van der Waals surface area (Å²) >= 11 is 5.94. The average Bonchev–Trinajstić information content (AvgIpc) is 2.59. The molecule has 0 atom stereocenters. The number of nitrogens with one attached hydrogen (secondary N) is 1. The Hall–Kier alpha value is -1.00. The Labute approximate surface area is 113 Å². The second-order valence-corrected chi connectivity index (χ2v) is 5.49. The van der Waals surface area contributed by atoms with Gasteiger partial charge in [0.25, 0.3) is 5.91 Å². The monoisotopic (exact) mass is 272 g/mol. The molecule has 1 heterocycles. The number of carbonyl (C=O) groups is 1. The maximum Gasteiger partial charge on any atom is 0.268 e. The highest BCUT2D eigenvalue weighted by Gasteiger charge is 2.22. The highest BCUT2D eigenvalue weighted by atomic mass is 35.5. The molecule has 102 valence electrons. The van der Waals surface area contributed by atoms with E-state index in [2.05, 4.69) is 5.32 Å². The molecule has 0 spiro atoms. The van der Waals surface area contributed by atoms with Crippen LogP contribution in [0.1, 0.15) is 44.1 Å². The lowest BCUT2D eigenvalue weighted by Gasteiger charge is -2.25. The summed E-state index contributed by atoms with van der Waals surface area (Å²) in [5, 5.41) is 12.4. The van der Waals surface area contributed by atoms with Gasteiger partial charge in [-0.05, 0) is 32.8 Å². The van der Waals surface area contributed by atoms with E-state index in [1.807, 2.05) is 25.3 Å². The summed E-state index contributed by atoms with van der Waals surface area (Å²) in [4.78, 5) is 12.2. The van der Waals surface area contributed by atoms with Gasteiger partial charge in [-0.1, -0.05) is 18.5 Å². The Kier molecular flexibility index (Phi) is 5.23. The molecule has 0 aliphatic carbocycles. The van der Waals surface area contributed by atoms with Crippen LogP contribution in [-0.2, 0) is 6.54 Å². The van der Waals surface area contributed by atoms with Crippen molar-refractivity contribution < 1.29 is 9.90 Å². The van der Waals surface area contributed by atoms with Gasteiger partial charge < -0.3 is 15.0 Å². The van der Waals surface area contributed by atoms with E-state index in [0.29, 0.717) is 17.1 Å². The molecular weight excluding hydrogens is 252 g/mol. The van der Waals surface area contributed by atoms with Gasteiger partial charge >= 0.3 is 0 Å². The van der Waals surface area contributed by atoms with E-state index in [0.717, 1.165) is 13.0 Å². The van der Waals surface area contributed by atoms with Crippen molar-refractivity contribution in [2.24, 2.45) is 0 Å². The Morgan fingerprint density at radius 2 is 2.22 bits per heavy atom. The van der Waals surface area contributed by atoms with Gasteiger partial charge in [-0.2, -0.15) is 0 Å². The zero-order valence-electron chi connectivity index (χ0n) is 11.2. The van der Waals surface area contributed by atoms with E-state index in [1.165, 1.54) is 0 Å². The van der Waals surface area contributed by atoms with Crippen molar-refractivity contribution >= 4 is 17.5 Å². The standard InChI is InChI=1S/C13H21ClN2O2/c1-4-6-16-9-10(14)8-11(16)12(18)15-13(2,3)5-7-17/h8-9,17H,4-7H2,1-3H3,(H,15,18). The fraction of sp³-hybridized carbons (Fsp3) is 0.615. The van der Waals surface area contributed by atoms with Crippen LogP contribution in [0.2, 0.25) is 5.02 Å². The maximum atomic E-state index is 12.2. The fourth-order valence-corrected chi connectivity index (χ4v) is 2.03.